The summed E-state index contributed by atoms with van der Waals surface area (Å²) in [6.07, 6.45) is 3.20. The lowest BCUT2D eigenvalue weighted by Gasteiger charge is -2.20. The molecule has 1 rings (SSSR count). The lowest BCUT2D eigenvalue weighted by Crippen LogP contribution is -2.20. The molecule has 0 aliphatic heterocycles. The van der Waals surface area contributed by atoms with Crippen molar-refractivity contribution in [3.63, 3.8) is 0 Å². The lowest BCUT2D eigenvalue weighted by atomic mass is 10.1. The minimum Gasteiger partial charge on any atom is -0.478 e. The van der Waals surface area contributed by atoms with Crippen molar-refractivity contribution >= 4 is 27.6 Å². The van der Waals surface area contributed by atoms with Gasteiger partial charge in [0.25, 0.3) is 0 Å². The second kappa shape index (κ2) is 6.73. The quantitative estimate of drug-likeness (QED) is 0.809. The predicted octanol–water partition coefficient (Wildman–Crippen LogP) is 3.91. The van der Waals surface area contributed by atoms with Crippen LogP contribution >= 0.6 is 15.9 Å². The number of carbonyl (C=O) groups is 1. The second-order valence-electron chi connectivity index (χ2n) is 4.19. The maximum Gasteiger partial charge on any atom is 0.336 e. The standard InChI is InChI=1S/C13H17BrFNO2/c1-3-4-5-8-16(2)10-7-6-9(13(17)18)11(14)12(10)15/h6-7H,3-5,8H2,1-2H3,(H,17,18). The normalized spacial score (nSPS) is 10.4. The van der Waals surface area contributed by atoms with Gasteiger partial charge in [-0.3, -0.25) is 0 Å². The van der Waals surface area contributed by atoms with Crippen molar-refractivity contribution in [2.45, 2.75) is 26.2 Å². The van der Waals surface area contributed by atoms with E-state index < -0.39 is 11.8 Å². The third-order valence-electron chi connectivity index (χ3n) is 2.80. The van der Waals surface area contributed by atoms with Gasteiger partial charge in [0, 0.05) is 13.6 Å². The molecule has 1 aromatic rings. The molecule has 0 heterocycles. The minimum absolute atomic E-state index is 0.00911. The molecular formula is C13H17BrFNO2. The molecule has 0 fully saturated rings. The first-order chi connectivity index (χ1) is 8.49. The molecule has 100 valence electrons. The predicted molar refractivity (Wildman–Crippen MR) is 73.9 cm³/mol. The van der Waals surface area contributed by atoms with E-state index in [2.05, 4.69) is 22.9 Å². The molecule has 18 heavy (non-hydrogen) atoms. The molecule has 1 aromatic carbocycles. The molecule has 1 N–H and O–H groups in total. The van der Waals surface area contributed by atoms with E-state index in [9.17, 15) is 9.18 Å². The van der Waals surface area contributed by atoms with E-state index in [1.165, 1.54) is 12.1 Å². The topological polar surface area (TPSA) is 40.5 Å². The summed E-state index contributed by atoms with van der Waals surface area (Å²) in [6.45, 7) is 2.86. The first-order valence-electron chi connectivity index (χ1n) is 5.91. The Hall–Kier alpha value is -1.10. The highest BCUT2D eigenvalue weighted by Crippen LogP contribution is 2.29. The van der Waals surface area contributed by atoms with Gasteiger partial charge in [0.15, 0.2) is 5.82 Å². The number of halogens is 2. The average Bonchev–Trinajstić information content (AvgIpc) is 2.32. The van der Waals surface area contributed by atoms with Crippen LogP contribution in [0.3, 0.4) is 0 Å². The highest BCUT2D eigenvalue weighted by Gasteiger charge is 2.17. The smallest absolute Gasteiger partial charge is 0.336 e. The van der Waals surface area contributed by atoms with E-state index in [-0.39, 0.29) is 10.0 Å². The zero-order chi connectivity index (χ0) is 13.7. The summed E-state index contributed by atoms with van der Waals surface area (Å²) in [5.74, 6) is -1.66. The fraction of sp³-hybridized carbons (Fsp3) is 0.462. The first kappa shape index (κ1) is 15.0. The fourth-order valence-corrected chi connectivity index (χ4v) is 2.22. The van der Waals surface area contributed by atoms with Gasteiger partial charge in [-0.05, 0) is 34.5 Å². The minimum atomic E-state index is -1.14. The largest absolute Gasteiger partial charge is 0.478 e. The molecule has 3 nitrogen and oxygen atoms in total. The number of carboxylic acids is 1. The first-order valence-corrected chi connectivity index (χ1v) is 6.70. The van der Waals surface area contributed by atoms with E-state index in [1.54, 1.807) is 11.9 Å². The molecule has 0 amide bonds. The van der Waals surface area contributed by atoms with Crippen LogP contribution in [-0.2, 0) is 0 Å². The number of unbranched alkanes of at least 4 members (excludes halogenated alkanes) is 2. The summed E-state index contributed by atoms with van der Waals surface area (Å²) >= 11 is 3.00. The van der Waals surface area contributed by atoms with Gasteiger partial charge in [0.05, 0.1) is 15.7 Å². The van der Waals surface area contributed by atoms with Crippen LogP contribution in [-0.4, -0.2) is 24.7 Å². The van der Waals surface area contributed by atoms with Crippen LogP contribution in [0.4, 0.5) is 10.1 Å². The van der Waals surface area contributed by atoms with Gasteiger partial charge in [-0.2, -0.15) is 0 Å². The molecule has 0 aromatic heterocycles. The Morgan fingerprint density at radius 1 is 1.44 bits per heavy atom. The molecule has 0 radical (unpaired) electrons. The fourth-order valence-electron chi connectivity index (χ4n) is 1.72. The van der Waals surface area contributed by atoms with Crippen LogP contribution in [0.1, 0.15) is 36.5 Å². The zero-order valence-corrected chi connectivity index (χ0v) is 12.1. The number of anilines is 1. The maximum atomic E-state index is 14.0. The summed E-state index contributed by atoms with van der Waals surface area (Å²) in [7, 11) is 1.81. The molecule has 0 saturated carbocycles. The van der Waals surface area contributed by atoms with Gasteiger partial charge >= 0.3 is 5.97 Å². The molecular weight excluding hydrogens is 301 g/mol. The number of benzene rings is 1. The number of rotatable bonds is 6. The molecule has 0 saturated heterocycles. The highest BCUT2D eigenvalue weighted by atomic mass is 79.9. The number of hydrogen-bond acceptors (Lipinski definition) is 2. The van der Waals surface area contributed by atoms with Gasteiger partial charge in [-0.15, -0.1) is 0 Å². The summed E-state index contributed by atoms with van der Waals surface area (Å²) in [4.78, 5) is 12.7. The van der Waals surface area contributed by atoms with Crippen LogP contribution in [0, 0.1) is 5.82 Å². The molecule has 0 spiro atoms. The zero-order valence-electron chi connectivity index (χ0n) is 10.5. The third-order valence-corrected chi connectivity index (χ3v) is 3.58. The molecule has 0 aliphatic rings. The van der Waals surface area contributed by atoms with Crippen LogP contribution in [0.15, 0.2) is 16.6 Å². The van der Waals surface area contributed by atoms with Crippen LogP contribution in [0.25, 0.3) is 0 Å². The van der Waals surface area contributed by atoms with E-state index in [0.29, 0.717) is 5.69 Å². The van der Waals surface area contributed by atoms with Crippen molar-refractivity contribution < 1.29 is 14.3 Å². The molecule has 5 heteroatoms. The summed E-state index contributed by atoms with van der Waals surface area (Å²) in [6, 6.07) is 2.93. The van der Waals surface area contributed by atoms with Gasteiger partial charge < -0.3 is 10.0 Å². The lowest BCUT2D eigenvalue weighted by molar-refractivity contribution is 0.0695. The average molecular weight is 318 g/mol. The van der Waals surface area contributed by atoms with E-state index in [0.717, 1.165) is 25.8 Å². The van der Waals surface area contributed by atoms with E-state index in [4.69, 9.17) is 5.11 Å². The van der Waals surface area contributed by atoms with Gasteiger partial charge in [0.1, 0.15) is 0 Å². The Morgan fingerprint density at radius 2 is 2.11 bits per heavy atom. The van der Waals surface area contributed by atoms with Crippen LogP contribution < -0.4 is 4.90 Å². The van der Waals surface area contributed by atoms with Gasteiger partial charge in [0.2, 0.25) is 0 Å². The molecule has 0 unspecified atom stereocenters. The number of nitrogens with zero attached hydrogens (tertiary/aromatic N) is 1. The number of carboxylic acid groups (broad SMARTS) is 1. The van der Waals surface area contributed by atoms with Gasteiger partial charge in [-0.1, -0.05) is 19.8 Å². The summed E-state index contributed by atoms with van der Waals surface area (Å²) < 4.78 is 14.0. The van der Waals surface area contributed by atoms with Crippen molar-refractivity contribution in [3.05, 3.63) is 28.0 Å². The summed E-state index contributed by atoms with van der Waals surface area (Å²) in [5.41, 5.74) is 0.362. The van der Waals surface area contributed by atoms with Crippen molar-refractivity contribution in [2.75, 3.05) is 18.5 Å². The Labute approximate surface area is 115 Å². The maximum absolute atomic E-state index is 14.0. The van der Waals surface area contributed by atoms with Crippen molar-refractivity contribution in [2.24, 2.45) is 0 Å². The van der Waals surface area contributed by atoms with Gasteiger partial charge in [-0.25, -0.2) is 9.18 Å². The Balaban J connectivity index is 2.90. The van der Waals surface area contributed by atoms with Crippen molar-refractivity contribution in [1.82, 2.24) is 0 Å². The second-order valence-corrected chi connectivity index (χ2v) is 4.99. The Bertz CT molecular complexity index is 437. The van der Waals surface area contributed by atoms with E-state index >= 15 is 0 Å². The highest BCUT2D eigenvalue weighted by molar-refractivity contribution is 9.10. The van der Waals surface area contributed by atoms with Crippen LogP contribution in [0.5, 0.6) is 0 Å². The molecule has 0 atom stereocenters. The third kappa shape index (κ3) is 3.45. The summed E-state index contributed by atoms with van der Waals surface area (Å²) in [5, 5.41) is 8.88. The Morgan fingerprint density at radius 3 is 2.67 bits per heavy atom. The van der Waals surface area contributed by atoms with Crippen LogP contribution in [0.2, 0.25) is 0 Å². The monoisotopic (exact) mass is 317 g/mol. The molecule has 0 bridgehead atoms. The Kier molecular flexibility index (Phi) is 5.59. The SMILES string of the molecule is CCCCCN(C)c1ccc(C(=O)O)c(Br)c1F. The van der Waals surface area contributed by atoms with E-state index in [1.807, 2.05) is 0 Å². The van der Waals surface area contributed by atoms with Crippen molar-refractivity contribution in [3.8, 4) is 0 Å². The number of aromatic carboxylic acids is 1. The molecule has 0 aliphatic carbocycles. The number of hydrogen-bond donors (Lipinski definition) is 1. The van der Waals surface area contributed by atoms with Crippen molar-refractivity contribution in [1.29, 1.82) is 0 Å².